The minimum atomic E-state index is -3.55. The number of nitrogens with zero attached hydrogens (tertiary/aromatic N) is 1. The van der Waals surface area contributed by atoms with Crippen LogP contribution >= 0.6 is 0 Å². The molecular formula is C16H24N2O3S. The third-order valence-electron chi connectivity index (χ3n) is 4.15. The van der Waals surface area contributed by atoms with Crippen molar-refractivity contribution < 1.29 is 13.2 Å². The zero-order valence-electron chi connectivity index (χ0n) is 13.4. The van der Waals surface area contributed by atoms with Crippen LogP contribution in [0.2, 0.25) is 0 Å². The van der Waals surface area contributed by atoms with Crippen molar-refractivity contribution in [2.24, 2.45) is 0 Å². The molecule has 0 unspecified atom stereocenters. The molecule has 1 heterocycles. The fourth-order valence-electron chi connectivity index (χ4n) is 2.83. The predicted octanol–water partition coefficient (Wildman–Crippen LogP) is 2.31. The Labute approximate surface area is 132 Å². The van der Waals surface area contributed by atoms with Crippen LogP contribution in [0.5, 0.6) is 0 Å². The van der Waals surface area contributed by atoms with Gasteiger partial charge in [0.25, 0.3) is 5.91 Å². The van der Waals surface area contributed by atoms with E-state index in [1.54, 1.807) is 19.1 Å². The summed E-state index contributed by atoms with van der Waals surface area (Å²) in [5.41, 5.74) is 1.28. The Hall–Kier alpha value is -1.40. The largest absolute Gasteiger partial charge is 0.336 e. The summed E-state index contributed by atoms with van der Waals surface area (Å²) in [6.45, 7) is 6.68. The van der Waals surface area contributed by atoms with Crippen molar-refractivity contribution in [3.8, 4) is 0 Å². The molecule has 5 nitrogen and oxygen atoms in total. The molecule has 0 spiro atoms. The number of carbonyl (C=O) groups is 1. The van der Waals surface area contributed by atoms with E-state index in [0.29, 0.717) is 12.1 Å². The van der Waals surface area contributed by atoms with E-state index in [4.69, 9.17) is 0 Å². The average Bonchev–Trinajstić information content (AvgIpc) is 2.47. The number of likely N-dealkylation sites (tertiary alicyclic amines) is 1. The van der Waals surface area contributed by atoms with Crippen molar-refractivity contribution in [3.05, 3.63) is 29.3 Å². The van der Waals surface area contributed by atoms with Gasteiger partial charge in [-0.05, 0) is 50.8 Å². The molecule has 1 fully saturated rings. The van der Waals surface area contributed by atoms with Crippen LogP contribution in [0.3, 0.4) is 0 Å². The van der Waals surface area contributed by atoms with Gasteiger partial charge in [-0.3, -0.25) is 4.79 Å². The fourth-order valence-corrected chi connectivity index (χ4v) is 3.89. The van der Waals surface area contributed by atoms with Crippen LogP contribution in [-0.2, 0) is 10.0 Å². The van der Waals surface area contributed by atoms with E-state index in [1.807, 2.05) is 18.7 Å². The van der Waals surface area contributed by atoms with Gasteiger partial charge in [0.15, 0.2) is 0 Å². The van der Waals surface area contributed by atoms with Gasteiger partial charge in [0.05, 0.1) is 4.90 Å². The number of hydrogen-bond acceptors (Lipinski definition) is 3. The van der Waals surface area contributed by atoms with E-state index in [2.05, 4.69) is 4.72 Å². The Balaban J connectivity index is 2.36. The first kappa shape index (κ1) is 17.0. The monoisotopic (exact) mass is 324 g/mol. The number of piperidine rings is 1. The van der Waals surface area contributed by atoms with Gasteiger partial charge in [0, 0.05) is 24.7 Å². The zero-order valence-corrected chi connectivity index (χ0v) is 14.2. The summed E-state index contributed by atoms with van der Waals surface area (Å²) in [4.78, 5) is 14.8. The summed E-state index contributed by atoms with van der Waals surface area (Å²) in [7, 11) is -3.55. The topological polar surface area (TPSA) is 66.5 Å². The van der Waals surface area contributed by atoms with Crippen LogP contribution in [0.25, 0.3) is 0 Å². The van der Waals surface area contributed by atoms with Crippen molar-refractivity contribution in [1.82, 2.24) is 9.62 Å². The van der Waals surface area contributed by atoms with Crippen molar-refractivity contribution in [2.45, 2.75) is 51.0 Å². The summed E-state index contributed by atoms with van der Waals surface area (Å²) in [6.07, 6.45) is 3.14. The summed E-state index contributed by atoms with van der Waals surface area (Å²) in [5.74, 6) is -0.0711. The molecule has 1 atom stereocenters. The Morgan fingerprint density at radius 1 is 1.36 bits per heavy atom. The van der Waals surface area contributed by atoms with Gasteiger partial charge < -0.3 is 4.90 Å². The lowest BCUT2D eigenvalue weighted by Crippen LogP contribution is -2.42. The molecule has 0 aliphatic carbocycles. The third-order valence-corrected chi connectivity index (χ3v) is 5.69. The molecular weight excluding hydrogens is 300 g/mol. The Morgan fingerprint density at radius 3 is 2.73 bits per heavy atom. The highest BCUT2D eigenvalue weighted by atomic mass is 32.2. The molecule has 0 aromatic heterocycles. The van der Waals surface area contributed by atoms with E-state index in [-0.39, 0.29) is 16.8 Å². The fraction of sp³-hybridized carbons (Fsp3) is 0.562. The van der Waals surface area contributed by atoms with Crippen molar-refractivity contribution in [2.75, 3.05) is 13.1 Å². The normalized spacial score (nSPS) is 19.2. The highest BCUT2D eigenvalue weighted by molar-refractivity contribution is 7.89. The SMILES string of the molecule is CCNS(=O)(=O)c1ccc(C)c(C(=O)N2CCCC[C@H]2C)c1. The number of sulfonamides is 1. The molecule has 0 bridgehead atoms. The molecule has 122 valence electrons. The number of carbonyl (C=O) groups excluding carboxylic acids is 1. The molecule has 1 aromatic rings. The summed E-state index contributed by atoms with van der Waals surface area (Å²) in [5, 5.41) is 0. The van der Waals surface area contributed by atoms with E-state index in [0.717, 1.165) is 31.4 Å². The maximum absolute atomic E-state index is 12.8. The van der Waals surface area contributed by atoms with Gasteiger partial charge in [-0.15, -0.1) is 0 Å². The molecule has 1 N–H and O–H groups in total. The summed E-state index contributed by atoms with van der Waals surface area (Å²) in [6, 6.07) is 4.95. The smallest absolute Gasteiger partial charge is 0.254 e. The van der Waals surface area contributed by atoms with Crippen molar-refractivity contribution in [1.29, 1.82) is 0 Å². The maximum atomic E-state index is 12.8. The molecule has 2 rings (SSSR count). The van der Waals surface area contributed by atoms with E-state index >= 15 is 0 Å². The Kier molecular flexibility index (Phi) is 5.24. The standard InChI is InChI=1S/C16H24N2O3S/c1-4-17-22(20,21)14-9-8-12(2)15(11-14)16(19)18-10-6-5-7-13(18)3/h8-9,11,13,17H,4-7,10H2,1-3H3/t13-/m1/s1. The van der Waals surface area contributed by atoms with Crippen LogP contribution in [0.4, 0.5) is 0 Å². The van der Waals surface area contributed by atoms with Gasteiger partial charge in [0.2, 0.25) is 10.0 Å². The third kappa shape index (κ3) is 3.50. The number of rotatable bonds is 4. The van der Waals surface area contributed by atoms with Crippen LogP contribution in [0.15, 0.2) is 23.1 Å². The summed E-state index contributed by atoms with van der Waals surface area (Å²) < 4.78 is 26.7. The lowest BCUT2D eigenvalue weighted by atomic mass is 10.0. The molecule has 6 heteroatoms. The number of benzene rings is 1. The quantitative estimate of drug-likeness (QED) is 0.924. The molecule has 22 heavy (non-hydrogen) atoms. The average molecular weight is 324 g/mol. The molecule has 1 aliphatic rings. The van der Waals surface area contributed by atoms with Gasteiger partial charge in [0.1, 0.15) is 0 Å². The van der Waals surface area contributed by atoms with Crippen LogP contribution in [0, 0.1) is 6.92 Å². The molecule has 1 saturated heterocycles. The number of aryl methyl sites for hydroxylation is 1. The van der Waals surface area contributed by atoms with E-state index < -0.39 is 10.0 Å². The van der Waals surface area contributed by atoms with Gasteiger partial charge in [-0.1, -0.05) is 13.0 Å². The minimum Gasteiger partial charge on any atom is -0.336 e. The van der Waals surface area contributed by atoms with Gasteiger partial charge in [-0.2, -0.15) is 0 Å². The first-order chi connectivity index (χ1) is 10.4. The van der Waals surface area contributed by atoms with Crippen molar-refractivity contribution >= 4 is 15.9 Å². The molecule has 1 amide bonds. The first-order valence-corrected chi connectivity index (χ1v) is 9.26. The second kappa shape index (κ2) is 6.79. The number of amides is 1. The minimum absolute atomic E-state index is 0.0711. The highest BCUT2D eigenvalue weighted by Crippen LogP contribution is 2.22. The molecule has 0 radical (unpaired) electrons. The van der Waals surface area contributed by atoms with Gasteiger partial charge >= 0.3 is 0 Å². The second-order valence-corrected chi connectivity index (χ2v) is 7.59. The van der Waals surface area contributed by atoms with Crippen molar-refractivity contribution in [3.63, 3.8) is 0 Å². The van der Waals surface area contributed by atoms with Crippen LogP contribution < -0.4 is 4.72 Å². The Morgan fingerprint density at radius 2 is 2.09 bits per heavy atom. The van der Waals surface area contributed by atoms with Crippen LogP contribution in [-0.4, -0.2) is 38.4 Å². The first-order valence-electron chi connectivity index (χ1n) is 7.78. The van der Waals surface area contributed by atoms with Crippen LogP contribution in [0.1, 0.15) is 49.0 Å². The maximum Gasteiger partial charge on any atom is 0.254 e. The van der Waals surface area contributed by atoms with E-state index in [9.17, 15) is 13.2 Å². The Bertz CT molecular complexity index is 655. The lowest BCUT2D eigenvalue weighted by Gasteiger charge is -2.34. The molecule has 1 aliphatic heterocycles. The number of hydrogen-bond donors (Lipinski definition) is 1. The van der Waals surface area contributed by atoms with Gasteiger partial charge in [-0.25, -0.2) is 13.1 Å². The highest BCUT2D eigenvalue weighted by Gasteiger charge is 2.26. The van der Waals surface area contributed by atoms with E-state index in [1.165, 1.54) is 6.07 Å². The predicted molar refractivity (Wildman–Crippen MR) is 86.4 cm³/mol. The summed E-state index contributed by atoms with van der Waals surface area (Å²) >= 11 is 0. The number of nitrogens with one attached hydrogen (secondary N) is 1. The zero-order chi connectivity index (χ0) is 16.3. The molecule has 0 saturated carbocycles. The second-order valence-electron chi connectivity index (χ2n) is 5.82. The molecule has 1 aromatic carbocycles. The lowest BCUT2D eigenvalue weighted by molar-refractivity contribution is 0.0634.